The number of halogens is 1. The zero-order chi connectivity index (χ0) is 24.2. The predicted octanol–water partition coefficient (Wildman–Crippen LogP) is 4.76. The molecule has 9 heteroatoms. The van der Waals surface area contributed by atoms with Crippen LogP contribution in [0.1, 0.15) is 57.1 Å². The highest BCUT2D eigenvalue weighted by atomic mass is 19.1. The molecular formula is C25H32FN3O5. The number of carbonyl (C=O) groups excluding carboxylic acids is 1. The molecule has 34 heavy (non-hydrogen) atoms. The fourth-order valence-corrected chi connectivity index (χ4v) is 4.97. The Kier molecular flexibility index (Phi) is 7.38. The van der Waals surface area contributed by atoms with Gasteiger partial charge >= 0.3 is 12.1 Å². The third kappa shape index (κ3) is 5.34. The van der Waals surface area contributed by atoms with Crippen molar-refractivity contribution < 1.29 is 28.6 Å². The summed E-state index contributed by atoms with van der Waals surface area (Å²) in [5, 5.41) is 13.5. The largest absolute Gasteiger partial charge is 0.487 e. The number of benzene rings is 1. The monoisotopic (exact) mass is 473 g/mol. The fraction of sp³-hybridized carbons (Fsp3) is 0.560. The van der Waals surface area contributed by atoms with Gasteiger partial charge in [0.1, 0.15) is 6.61 Å². The van der Waals surface area contributed by atoms with Crippen LogP contribution in [0.3, 0.4) is 0 Å². The van der Waals surface area contributed by atoms with E-state index >= 15 is 0 Å². The number of ether oxygens (including phenoxy) is 2. The Morgan fingerprint density at radius 3 is 2.68 bits per heavy atom. The topological polar surface area (TPSA) is 93.9 Å². The van der Waals surface area contributed by atoms with Crippen molar-refractivity contribution in [3.8, 4) is 16.9 Å². The molecule has 1 heterocycles. The molecule has 2 saturated carbocycles. The third-order valence-electron chi connectivity index (χ3n) is 7.07. The number of aryl methyl sites for hydroxylation is 1. The molecule has 2 atom stereocenters. The maximum absolute atomic E-state index is 14.9. The Bertz CT molecular complexity index is 1030. The Morgan fingerprint density at radius 2 is 1.97 bits per heavy atom. The van der Waals surface area contributed by atoms with Crippen LogP contribution in [0, 0.1) is 11.7 Å². The molecule has 1 aromatic heterocycles. The van der Waals surface area contributed by atoms with Gasteiger partial charge in [0.25, 0.3) is 0 Å². The van der Waals surface area contributed by atoms with Gasteiger partial charge in [0.2, 0.25) is 0 Å². The minimum Gasteiger partial charge on any atom is -0.487 e. The number of carboxylic acid groups (broad SMARTS) is 1. The minimum atomic E-state index is -0.830. The molecule has 1 N–H and O–H groups in total. The molecule has 0 spiro atoms. The van der Waals surface area contributed by atoms with Gasteiger partial charge in [-0.1, -0.05) is 18.9 Å². The Balaban J connectivity index is 1.43. The lowest BCUT2D eigenvalue weighted by molar-refractivity contribution is -0.143. The van der Waals surface area contributed by atoms with Gasteiger partial charge in [-0.15, -0.1) is 0 Å². The van der Waals surface area contributed by atoms with E-state index < -0.39 is 17.7 Å². The summed E-state index contributed by atoms with van der Waals surface area (Å²) in [7, 11) is 3.52. The second kappa shape index (κ2) is 10.4. The van der Waals surface area contributed by atoms with Crippen molar-refractivity contribution in [2.45, 2.75) is 70.1 Å². The van der Waals surface area contributed by atoms with Crippen LogP contribution in [-0.2, 0) is 23.2 Å². The molecule has 2 aromatic rings. The van der Waals surface area contributed by atoms with Crippen LogP contribution in [-0.4, -0.2) is 51.0 Å². The van der Waals surface area contributed by atoms with Gasteiger partial charge in [0, 0.05) is 25.7 Å². The number of rotatable bonds is 7. The van der Waals surface area contributed by atoms with Gasteiger partial charge in [-0.3, -0.25) is 9.48 Å². The zero-order valence-electron chi connectivity index (χ0n) is 19.7. The van der Waals surface area contributed by atoms with Gasteiger partial charge in [-0.25, -0.2) is 9.18 Å². The van der Waals surface area contributed by atoms with E-state index in [4.69, 9.17) is 9.47 Å². The zero-order valence-corrected chi connectivity index (χ0v) is 19.7. The summed E-state index contributed by atoms with van der Waals surface area (Å²) in [6.07, 6.45) is 7.63. The average Bonchev–Trinajstić information content (AvgIpc) is 3.48. The molecule has 184 valence electrons. The van der Waals surface area contributed by atoms with Gasteiger partial charge in [-0.05, 0) is 56.2 Å². The summed E-state index contributed by atoms with van der Waals surface area (Å²) in [5.41, 5.74) is 1.94. The van der Waals surface area contributed by atoms with Gasteiger partial charge in [-0.2, -0.15) is 5.10 Å². The van der Waals surface area contributed by atoms with Crippen molar-refractivity contribution >= 4 is 12.1 Å². The van der Waals surface area contributed by atoms with Crippen LogP contribution >= 0.6 is 0 Å². The summed E-state index contributed by atoms with van der Waals surface area (Å²) in [6, 6.07) is 4.89. The summed E-state index contributed by atoms with van der Waals surface area (Å²) in [5.74, 6) is -1.70. The number of aliphatic carboxylic acids is 1. The van der Waals surface area contributed by atoms with E-state index in [9.17, 15) is 19.1 Å². The van der Waals surface area contributed by atoms with E-state index in [0.29, 0.717) is 36.1 Å². The van der Waals surface area contributed by atoms with E-state index in [-0.39, 0.29) is 30.6 Å². The average molecular weight is 474 g/mol. The number of hydrogen-bond donors (Lipinski definition) is 1. The number of carbonyl (C=O) groups is 2. The number of amides is 1. The summed E-state index contributed by atoms with van der Waals surface area (Å²) in [4.78, 5) is 25.4. The fourth-order valence-electron chi connectivity index (χ4n) is 4.97. The first-order valence-corrected chi connectivity index (χ1v) is 11.9. The molecule has 0 radical (unpaired) electrons. The summed E-state index contributed by atoms with van der Waals surface area (Å²) in [6.45, 7) is 0.0280. The molecule has 2 aliphatic rings. The van der Waals surface area contributed by atoms with E-state index in [1.165, 1.54) is 6.07 Å². The van der Waals surface area contributed by atoms with Crippen molar-refractivity contribution in [2.75, 3.05) is 7.05 Å². The third-order valence-corrected chi connectivity index (χ3v) is 7.07. The Morgan fingerprint density at radius 1 is 1.21 bits per heavy atom. The molecule has 1 amide bonds. The van der Waals surface area contributed by atoms with E-state index in [1.807, 2.05) is 0 Å². The van der Waals surface area contributed by atoms with Crippen LogP contribution in [0.25, 0.3) is 11.1 Å². The van der Waals surface area contributed by atoms with Gasteiger partial charge < -0.3 is 19.5 Å². The maximum atomic E-state index is 14.9. The van der Waals surface area contributed by atoms with Crippen LogP contribution in [0.15, 0.2) is 24.4 Å². The van der Waals surface area contributed by atoms with Crippen molar-refractivity contribution in [3.05, 3.63) is 35.9 Å². The minimum absolute atomic E-state index is 0.0280. The van der Waals surface area contributed by atoms with Crippen molar-refractivity contribution in [2.24, 2.45) is 13.0 Å². The summed E-state index contributed by atoms with van der Waals surface area (Å²) < 4.78 is 27.9. The predicted molar refractivity (Wildman–Crippen MR) is 123 cm³/mol. The Labute approximate surface area is 198 Å². The Hall–Kier alpha value is -3.10. The smallest absolute Gasteiger partial charge is 0.410 e. The first kappa shape index (κ1) is 24.0. The van der Waals surface area contributed by atoms with Crippen molar-refractivity contribution in [3.63, 3.8) is 0 Å². The molecule has 4 rings (SSSR count). The van der Waals surface area contributed by atoms with Crippen molar-refractivity contribution in [1.29, 1.82) is 0 Å². The standard InChI is InChI=1S/C25H32FN3O5/c1-28(18-7-3-4-8-18)25(32)33-15-22-20(14-27-29(22)2)16-10-11-23(21(26)13-16)34-19-9-5-6-17(12-19)24(30)31/h10-11,13-14,17-19H,3-9,12,15H2,1-2H3,(H,30,31)/t17-,19-/m0/s1. The lowest BCUT2D eigenvalue weighted by Crippen LogP contribution is -2.35. The van der Waals surface area contributed by atoms with Crippen LogP contribution < -0.4 is 4.74 Å². The first-order valence-electron chi connectivity index (χ1n) is 11.9. The number of aromatic nitrogens is 2. The molecule has 0 unspecified atom stereocenters. The molecule has 2 aliphatic carbocycles. The van der Waals surface area contributed by atoms with E-state index in [1.54, 1.807) is 42.0 Å². The lowest BCUT2D eigenvalue weighted by atomic mass is 9.87. The molecule has 8 nitrogen and oxygen atoms in total. The van der Waals surface area contributed by atoms with E-state index in [2.05, 4.69) is 5.10 Å². The second-order valence-electron chi connectivity index (χ2n) is 9.32. The molecule has 2 fully saturated rings. The van der Waals surface area contributed by atoms with Crippen LogP contribution in [0.5, 0.6) is 5.75 Å². The van der Waals surface area contributed by atoms with Crippen molar-refractivity contribution in [1.82, 2.24) is 14.7 Å². The molecule has 0 saturated heterocycles. The molecule has 1 aromatic carbocycles. The van der Waals surface area contributed by atoms with Gasteiger partial charge in [0.15, 0.2) is 11.6 Å². The molecular weight excluding hydrogens is 441 g/mol. The lowest BCUT2D eigenvalue weighted by Gasteiger charge is -2.27. The second-order valence-corrected chi connectivity index (χ2v) is 9.32. The highest BCUT2D eigenvalue weighted by Gasteiger charge is 2.29. The SMILES string of the molecule is CN(C(=O)OCc1c(-c2ccc(O[C@H]3CCC[C@H](C(=O)O)C3)c(F)c2)cnn1C)C1CCCC1. The highest BCUT2D eigenvalue weighted by Crippen LogP contribution is 2.32. The summed E-state index contributed by atoms with van der Waals surface area (Å²) >= 11 is 0. The molecule has 0 bridgehead atoms. The van der Waals surface area contributed by atoms with Gasteiger partial charge in [0.05, 0.1) is 23.9 Å². The number of carboxylic acids is 1. The molecule has 0 aliphatic heterocycles. The quantitative estimate of drug-likeness (QED) is 0.623. The maximum Gasteiger partial charge on any atom is 0.410 e. The number of hydrogen-bond acceptors (Lipinski definition) is 5. The number of nitrogens with zero attached hydrogens (tertiary/aromatic N) is 3. The van der Waals surface area contributed by atoms with Crippen LogP contribution in [0.2, 0.25) is 0 Å². The first-order chi connectivity index (χ1) is 16.3. The van der Waals surface area contributed by atoms with E-state index in [0.717, 1.165) is 32.1 Å². The normalized spacial score (nSPS) is 20.8. The van der Waals surface area contributed by atoms with Crippen LogP contribution in [0.4, 0.5) is 9.18 Å². The highest BCUT2D eigenvalue weighted by molar-refractivity contribution is 5.70.